The Bertz CT molecular complexity index is 243. The van der Waals surface area contributed by atoms with E-state index >= 15 is 0 Å². The van der Waals surface area contributed by atoms with E-state index in [4.69, 9.17) is 9.84 Å². The molecule has 0 radical (unpaired) electrons. The van der Waals surface area contributed by atoms with Crippen LogP contribution in [0.15, 0.2) is 12.3 Å². The summed E-state index contributed by atoms with van der Waals surface area (Å²) in [6, 6.07) is 1.64. The first-order valence-electron chi connectivity index (χ1n) is 4.61. The van der Waals surface area contributed by atoms with Gasteiger partial charge in [0.2, 0.25) is 11.8 Å². The van der Waals surface area contributed by atoms with Crippen molar-refractivity contribution in [2.75, 3.05) is 25.6 Å². The number of aliphatic hydroxyl groups is 1. The van der Waals surface area contributed by atoms with Crippen LogP contribution in [0.2, 0.25) is 0 Å². The van der Waals surface area contributed by atoms with Crippen LogP contribution >= 0.6 is 0 Å². The minimum Gasteiger partial charge on any atom is -0.475 e. The summed E-state index contributed by atoms with van der Waals surface area (Å²) in [6.45, 7) is 4.24. The summed E-state index contributed by atoms with van der Waals surface area (Å²) < 4.78 is 5.06. The lowest BCUT2D eigenvalue weighted by molar-refractivity contribution is 0.196. The summed E-state index contributed by atoms with van der Waals surface area (Å²) in [5.41, 5.74) is 0. The zero-order chi connectivity index (χ0) is 10.8. The van der Waals surface area contributed by atoms with Crippen molar-refractivity contribution in [3.8, 4) is 5.88 Å². The van der Waals surface area contributed by atoms with Gasteiger partial charge < -0.3 is 15.2 Å². The summed E-state index contributed by atoms with van der Waals surface area (Å²) in [5, 5.41) is 11.2. The quantitative estimate of drug-likeness (QED) is 0.754. The van der Waals surface area contributed by atoms with Gasteiger partial charge in [-0.15, -0.1) is 0 Å². The third-order valence-corrected chi connectivity index (χ3v) is 1.19. The minimum absolute atomic E-state index is 0.0150. The van der Waals surface area contributed by atoms with Crippen molar-refractivity contribution in [2.45, 2.75) is 13.8 Å². The van der Waals surface area contributed by atoms with Crippen molar-refractivity contribution in [1.29, 1.82) is 0 Å². The Hall–Kier alpha value is -1.36. The van der Waals surface area contributed by atoms with Gasteiger partial charge in [-0.25, -0.2) is 4.98 Å². The molecular weight excluding hydrogens is 182 g/mol. The molecule has 0 aliphatic heterocycles. The Balaban J connectivity index is 0.000000791. The van der Waals surface area contributed by atoms with Crippen LogP contribution in [0.1, 0.15) is 13.8 Å². The maximum Gasteiger partial charge on any atom is 0.225 e. The fraction of sp³-hybridized carbons (Fsp3) is 0.556. The highest BCUT2D eigenvalue weighted by Gasteiger charge is 1.96. The van der Waals surface area contributed by atoms with Crippen molar-refractivity contribution in [2.24, 2.45) is 0 Å². The maximum atomic E-state index is 8.47. The van der Waals surface area contributed by atoms with Crippen LogP contribution in [0.4, 0.5) is 5.95 Å². The highest BCUT2D eigenvalue weighted by atomic mass is 16.5. The van der Waals surface area contributed by atoms with Gasteiger partial charge in [0.05, 0.1) is 6.61 Å². The lowest BCUT2D eigenvalue weighted by atomic mass is 10.6. The predicted molar refractivity (Wildman–Crippen MR) is 55.5 cm³/mol. The van der Waals surface area contributed by atoms with E-state index in [0.717, 1.165) is 0 Å². The van der Waals surface area contributed by atoms with Gasteiger partial charge in [0.25, 0.3) is 0 Å². The Morgan fingerprint density at radius 1 is 1.50 bits per heavy atom. The Morgan fingerprint density at radius 2 is 2.21 bits per heavy atom. The molecule has 0 spiro atoms. The maximum absolute atomic E-state index is 8.47. The number of rotatable bonds is 4. The summed E-state index contributed by atoms with van der Waals surface area (Å²) >= 11 is 0. The summed E-state index contributed by atoms with van der Waals surface area (Å²) in [7, 11) is 1.73. The summed E-state index contributed by atoms with van der Waals surface area (Å²) in [4.78, 5) is 7.87. The molecule has 0 saturated heterocycles. The van der Waals surface area contributed by atoms with Crippen molar-refractivity contribution in [3.05, 3.63) is 12.3 Å². The van der Waals surface area contributed by atoms with Crippen molar-refractivity contribution < 1.29 is 9.84 Å². The van der Waals surface area contributed by atoms with Gasteiger partial charge in [0, 0.05) is 19.3 Å². The van der Waals surface area contributed by atoms with Gasteiger partial charge in [-0.2, -0.15) is 4.98 Å². The second-order valence-corrected chi connectivity index (χ2v) is 2.04. The Morgan fingerprint density at radius 3 is 2.79 bits per heavy atom. The van der Waals surface area contributed by atoms with E-state index in [1.807, 2.05) is 13.8 Å². The second kappa shape index (κ2) is 8.25. The molecule has 0 fully saturated rings. The van der Waals surface area contributed by atoms with E-state index in [1.165, 1.54) is 0 Å². The molecule has 14 heavy (non-hydrogen) atoms. The second-order valence-electron chi connectivity index (χ2n) is 2.04. The van der Waals surface area contributed by atoms with E-state index in [2.05, 4.69) is 15.3 Å². The zero-order valence-electron chi connectivity index (χ0n) is 8.82. The van der Waals surface area contributed by atoms with Crippen LogP contribution in [-0.4, -0.2) is 35.3 Å². The SMILES string of the molecule is CC.CNc1nccc(OCCO)n1. The number of aromatic nitrogens is 2. The smallest absolute Gasteiger partial charge is 0.225 e. The monoisotopic (exact) mass is 199 g/mol. The number of anilines is 1. The molecule has 5 nitrogen and oxygen atoms in total. The molecule has 0 bridgehead atoms. The van der Waals surface area contributed by atoms with Gasteiger partial charge >= 0.3 is 0 Å². The highest BCUT2D eigenvalue weighted by molar-refractivity contribution is 5.25. The normalized spacial score (nSPS) is 8.57. The fourth-order valence-electron chi connectivity index (χ4n) is 0.693. The van der Waals surface area contributed by atoms with Gasteiger partial charge in [-0.05, 0) is 0 Å². The largest absolute Gasteiger partial charge is 0.475 e. The molecule has 0 atom stereocenters. The van der Waals surface area contributed by atoms with E-state index in [1.54, 1.807) is 19.3 Å². The van der Waals surface area contributed by atoms with Gasteiger partial charge in [-0.3, -0.25) is 0 Å². The zero-order valence-corrected chi connectivity index (χ0v) is 8.82. The van der Waals surface area contributed by atoms with Gasteiger partial charge in [0.1, 0.15) is 6.61 Å². The van der Waals surface area contributed by atoms with Crippen LogP contribution < -0.4 is 10.1 Å². The molecule has 0 aliphatic carbocycles. The number of ether oxygens (including phenoxy) is 1. The third kappa shape index (κ3) is 4.61. The molecule has 0 saturated carbocycles. The van der Waals surface area contributed by atoms with Crippen LogP contribution in [0, 0.1) is 0 Å². The average molecular weight is 199 g/mol. The molecular formula is C9H17N3O2. The molecule has 0 aromatic carbocycles. The Labute approximate surface area is 84.2 Å². The minimum atomic E-state index is -0.0150. The van der Waals surface area contributed by atoms with E-state index in [-0.39, 0.29) is 13.2 Å². The molecule has 5 heteroatoms. The average Bonchev–Trinajstić information content (AvgIpc) is 2.29. The summed E-state index contributed by atoms with van der Waals surface area (Å²) in [5.74, 6) is 0.967. The first-order valence-corrected chi connectivity index (χ1v) is 4.61. The van der Waals surface area contributed by atoms with Crippen LogP contribution in [0.25, 0.3) is 0 Å². The highest BCUT2D eigenvalue weighted by Crippen LogP contribution is 2.06. The van der Waals surface area contributed by atoms with Crippen LogP contribution in [-0.2, 0) is 0 Å². The number of nitrogens with zero attached hydrogens (tertiary/aromatic N) is 2. The number of aliphatic hydroxyl groups excluding tert-OH is 1. The Kier molecular flexibility index (Phi) is 7.45. The standard InChI is InChI=1S/C7H11N3O2.C2H6/c1-8-7-9-3-2-6(10-7)12-5-4-11;1-2/h2-3,11H,4-5H2,1H3,(H,8,9,10);1-2H3. The predicted octanol–water partition coefficient (Wildman–Crippen LogP) is 0.916. The first kappa shape index (κ1) is 12.6. The molecule has 0 unspecified atom stereocenters. The topological polar surface area (TPSA) is 67.3 Å². The fourth-order valence-corrected chi connectivity index (χ4v) is 0.693. The summed E-state index contributed by atoms with van der Waals surface area (Å²) in [6.07, 6.45) is 1.59. The molecule has 1 aromatic heterocycles. The van der Waals surface area contributed by atoms with Crippen LogP contribution in [0.5, 0.6) is 5.88 Å². The third-order valence-electron chi connectivity index (χ3n) is 1.19. The number of hydrogen-bond donors (Lipinski definition) is 2. The van der Waals surface area contributed by atoms with Crippen LogP contribution in [0.3, 0.4) is 0 Å². The molecule has 0 amide bonds. The number of nitrogens with one attached hydrogen (secondary N) is 1. The number of hydrogen-bond acceptors (Lipinski definition) is 5. The molecule has 1 heterocycles. The molecule has 0 aliphatic rings. The molecule has 1 aromatic rings. The molecule has 2 N–H and O–H groups in total. The lowest BCUT2D eigenvalue weighted by Gasteiger charge is -2.03. The van der Waals surface area contributed by atoms with Gasteiger partial charge in [0.15, 0.2) is 0 Å². The van der Waals surface area contributed by atoms with E-state index in [9.17, 15) is 0 Å². The van der Waals surface area contributed by atoms with Crippen molar-refractivity contribution in [3.63, 3.8) is 0 Å². The van der Waals surface area contributed by atoms with E-state index < -0.39 is 0 Å². The van der Waals surface area contributed by atoms with E-state index in [0.29, 0.717) is 11.8 Å². The van der Waals surface area contributed by atoms with Crippen molar-refractivity contribution in [1.82, 2.24) is 9.97 Å². The molecule has 80 valence electrons. The first-order chi connectivity index (χ1) is 6.86. The lowest BCUT2D eigenvalue weighted by Crippen LogP contribution is -2.04. The molecule has 1 rings (SSSR count). The van der Waals surface area contributed by atoms with Gasteiger partial charge in [-0.1, -0.05) is 13.8 Å². The van der Waals surface area contributed by atoms with Crippen molar-refractivity contribution >= 4 is 5.95 Å².